The van der Waals surface area contributed by atoms with Crippen molar-refractivity contribution in [1.29, 1.82) is 0 Å². The van der Waals surface area contributed by atoms with Gasteiger partial charge in [-0.25, -0.2) is 0 Å². The summed E-state index contributed by atoms with van der Waals surface area (Å²) in [6, 6.07) is 0.593. The van der Waals surface area contributed by atoms with Gasteiger partial charge in [0.1, 0.15) is 0 Å². The Kier molecular flexibility index (Phi) is 10.0. The van der Waals surface area contributed by atoms with Gasteiger partial charge in [0.05, 0.1) is 0 Å². The van der Waals surface area contributed by atoms with E-state index in [4.69, 9.17) is 0 Å². The van der Waals surface area contributed by atoms with Crippen molar-refractivity contribution in [3.05, 3.63) is 0 Å². The molecule has 14 heavy (non-hydrogen) atoms. The summed E-state index contributed by atoms with van der Waals surface area (Å²) in [5.41, 5.74) is 0. The van der Waals surface area contributed by atoms with E-state index in [1.54, 1.807) is 0 Å². The van der Waals surface area contributed by atoms with Crippen LogP contribution < -0.4 is 10.6 Å². The Morgan fingerprint density at radius 1 is 1.14 bits per heavy atom. The molecule has 0 heterocycles. The molecule has 0 spiro atoms. The summed E-state index contributed by atoms with van der Waals surface area (Å²) in [6.45, 7) is 10.1. The Hall–Kier alpha value is 0.270. The molecule has 0 fully saturated rings. The summed E-state index contributed by atoms with van der Waals surface area (Å²) in [7, 11) is 0. The highest BCUT2D eigenvalue weighted by molar-refractivity contribution is 7.98. The lowest BCUT2D eigenvalue weighted by Crippen LogP contribution is -2.38. The Labute approximate surface area is 93.6 Å². The Morgan fingerprint density at radius 2 is 1.86 bits per heavy atom. The van der Waals surface area contributed by atoms with Gasteiger partial charge in [0, 0.05) is 12.6 Å². The van der Waals surface area contributed by atoms with E-state index in [0.717, 1.165) is 25.6 Å². The number of hydrogen-bond donors (Lipinski definition) is 2. The third kappa shape index (κ3) is 10.4. The Morgan fingerprint density at radius 3 is 2.43 bits per heavy atom. The lowest BCUT2D eigenvalue weighted by atomic mass is 10.2. The molecule has 1 unspecified atom stereocenters. The minimum absolute atomic E-state index is 0.593. The molecule has 0 saturated carbocycles. The molecule has 0 aromatic heterocycles. The topological polar surface area (TPSA) is 24.1 Å². The first-order valence-electron chi connectivity index (χ1n) is 5.59. The molecule has 0 aliphatic heterocycles. The maximum atomic E-state index is 3.52. The van der Waals surface area contributed by atoms with Crippen molar-refractivity contribution in [3.63, 3.8) is 0 Å². The quantitative estimate of drug-likeness (QED) is 0.579. The van der Waals surface area contributed by atoms with E-state index >= 15 is 0 Å². The zero-order chi connectivity index (χ0) is 10.8. The highest BCUT2D eigenvalue weighted by atomic mass is 32.2. The summed E-state index contributed by atoms with van der Waals surface area (Å²) < 4.78 is 0. The second kappa shape index (κ2) is 9.81. The molecular formula is C11H26N2S. The predicted octanol–water partition coefficient (Wildman–Crippen LogP) is 1.96. The van der Waals surface area contributed by atoms with Crippen molar-refractivity contribution >= 4 is 11.8 Å². The minimum atomic E-state index is 0.593. The molecule has 0 aromatic carbocycles. The lowest BCUT2D eigenvalue weighted by Gasteiger charge is -2.15. The smallest absolute Gasteiger partial charge is 0.0164 e. The van der Waals surface area contributed by atoms with Gasteiger partial charge in [-0.15, -0.1) is 0 Å². The van der Waals surface area contributed by atoms with Crippen LogP contribution in [0, 0.1) is 5.92 Å². The molecule has 0 aliphatic carbocycles. The van der Waals surface area contributed by atoms with E-state index < -0.39 is 0 Å². The average molecular weight is 218 g/mol. The molecular weight excluding hydrogens is 192 g/mol. The number of hydrogen-bond acceptors (Lipinski definition) is 3. The van der Waals surface area contributed by atoms with Crippen LogP contribution in [0.4, 0.5) is 0 Å². The van der Waals surface area contributed by atoms with Crippen LogP contribution in [0.3, 0.4) is 0 Å². The fourth-order valence-corrected chi connectivity index (χ4v) is 1.66. The highest BCUT2D eigenvalue weighted by Gasteiger charge is 2.00. The fraction of sp³-hybridized carbons (Fsp3) is 1.00. The first-order chi connectivity index (χ1) is 6.66. The molecule has 0 aromatic rings. The van der Waals surface area contributed by atoms with Crippen LogP contribution in [0.2, 0.25) is 0 Å². The number of rotatable bonds is 9. The summed E-state index contributed by atoms with van der Waals surface area (Å²) in [5.74, 6) is 2.01. The van der Waals surface area contributed by atoms with Crippen LogP contribution in [0.25, 0.3) is 0 Å². The minimum Gasteiger partial charge on any atom is -0.315 e. The summed E-state index contributed by atoms with van der Waals surface area (Å²) in [4.78, 5) is 0. The largest absolute Gasteiger partial charge is 0.315 e. The average Bonchev–Trinajstić information content (AvgIpc) is 2.12. The molecule has 0 radical (unpaired) electrons. The van der Waals surface area contributed by atoms with E-state index in [0.29, 0.717) is 6.04 Å². The van der Waals surface area contributed by atoms with Crippen LogP contribution in [0.1, 0.15) is 27.2 Å². The van der Waals surface area contributed by atoms with Crippen LogP contribution in [0.5, 0.6) is 0 Å². The number of thioether (sulfide) groups is 1. The fourth-order valence-electron chi connectivity index (χ4n) is 1.23. The zero-order valence-electron chi connectivity index (χ0n) is 10.1. The van der Waals surface area contributed by atoms with Crippen molar-refractivity contribution in [3.8, 4) is 0 Å². The zero-order valence-corrected chi connectivity index (χ0v) is 10.9. The van der Waals surface area contributed by atoms with Crippen LogP contribution in [-0.2, 0) is 0 Å². The van der Waals surface area contributed by atoms with Gasteiger partial charge in [-0.1, -0.05) is 13.8 Å². The monoisotopic (exact) mass is 218 g/mol. The molecule has 0 amide bonds. The standard InChI is InChI=1S/C11H26N2S/c1-10(2)8-12-9-11(3)13-6-5-7-14-4/h10-13H,5-9H2,1-4H3. The van der Waals surface area contributed by atoms with E-state index in [1.165, 1.54) is 12.2 Å². The third-order valence-corrected chi connectivity index (χ3v) is 2.72. The van der Waals surface area contributed by atoms with Crippen LogP contribution in [0.15, 0.2) is 0 Å². The SMILES string of the molecule is CSCCCNC(C)CNCC(C)C. The van der Waals surface area contributed by atoms with Gasteiger partial charge >= 0.3 is 0 Å². The molecule has 2 nitrogen and oxygen atoms in total. The van der Waals surface area contributed by atoms with Crippen LogP contribution in [-0.4, -0.2) is 37.7 Å². The van der Waals surface area contributed by atoms with E-state index in [1.807, 2.05) is 11.8 Å². The number of nitrogens with one attached hydrogen (secondary N) is 2. The van der Waals surface area contributed by atoms with E-state index in [2.05, 4.69) is 37.7 Å². The second-order valence-corrected chi connectivity index (χ2v) is 5.24. The van der Waals surface area contributed by atoms with Gasteiger partial charge in [0.25, 0.3) is 0 Å². The van der Waals surface area contributed by atoms with Crippen molar-refractivity contribution in [1.82, 2.24) is 10.6 Å². The van der Waals surface area contributed by atoms with Crippen molar-refractivity contribution < 1.29 is 0 Å². The first-order valence-corrected chi connectivity index (χ1v) is 6.99. The molecule has 1 atom stereocenters. The van der Waals surface area contributed by atoms with E-state index in [-0.39, 0.29) is 0 Å². The summed E-state index contributed by atoms with van der Waals surface area (Å²) in [5, 5.41) is 6.97. The predicted molar refractivity (Wildman–Crippen MR) is 68.2 cm³/mol. The van der Waals surface area contributed by atoms with Crippen molar-refractivity contribution in [2.24, 2.45) is 5.92 Å². The molecule has 0 aliphatic rings. The third-order valence-electron chi connectivity index (χ3n) is 2.02. The summed E-state index contributed by atoms with van der Waals surface area (Å²) >= 11 is 1.92. The molecule has 0 rings (SSSR count). The van der Waals surface area contributed by atoms with Crippen molar-refractivity contribution in [2.75, 3.05) is 31.6 Å². The second-order valence-electron chi connectivity index (χ2n) is 4.25. The molecule has 0 bridgehead atoms. The van der Waals surface area contributed by atoms with Crippen LogP contribution >= 0.6 is 11.8 Å². The van der Waals surface area contributed by atoms with Gasteiger partial charge in [0.2, 0.25) is 0 Å². The first kappa shape index (κ1) is 14.3. The Balaban J connectivity index is 3.15. The molecule has 86 valence electrons. The van der Waals surface area contributed by atoms with Gasteiger partial charge < -0.3 is 10.6 Å². The van der Waals surface area contributed by atoms with Gasteiger partial charge in [-0.2, -0.15) is 11.8 Å². The molecule has 3 heteroatoms. The molecule has 0 saturated heterocycles. The normalized spacial score (nSPS) is 13.5. The van der Waals surface area contributed by atoms with Crippen molar-refractivity contribution in [2.45, 2.75) is 33.2 Å². The Bertz CT molecular complexity index is 118. The van der Waals surface area contributed by atoms with Gasteiger partial charge in [-0.05, 0) is 44.4 Å². The maximum absolute atomic E-state index is 3.52. The van der Waals surface area contributed by atoms with Gasteiger partial charge in [0.15, 0.2) is 0 Å². The lowest BCUT2D eigenvalue weighted by molar-refractivity contribution is 0.473. The van der Waals surface area contributed by atoms with E-state index in [9.17, 15) is 0 Å². The van der Waals surface area contributed by atoms with Gasteiger partial charge in [-0.3, -0.25) is 0 Å². The highest BCUT2D eigenvalue weighted by Crippen LogP contribution is 1.94. The maximum Gasteiger partial charge on any atom is 0.0164 e. The molecule has 2 N–H and O–H groups in total. The summed E-state index contributed by atoms with van der Waals surface area (Å²) in [6.07, 6.45) is 3.43.